The molecule has 0 unspecified atom stereocenters. The van der Waals surface area contributed by atoms with Crippen LogP contribution in [0.3, 0.4) is 0 Å². The Hall–Kier alpha value is -2.33. The highest BCUT2D eigenvalue weighted by Crippen LogP contribution is 2.22. The SMILES string of the molecule is Nc1ccc(CC(=O)Nc2cccc(COC3CCCCC3)c2)cc1. The molecule has 0 atom stereocenters. The van der Waals surface area contributed by atoms with Crippen LogP contribution in [-0.4, -0.2) is 12.0 Å². The molecule has 2 aromatic rings. The third kappa shape index (κ3) is 5.61. The van der Waals surface area contributed by atoms with Crippen molar-refractivity contribution < 1.29 is 9.53 Å². The number of nitrogen functional groups attached to an aromatic ring is 1. The van der Waals surface area contributed by atoms with Gasteiger partial charge in [0.1, 0.15) is 0 Å². The van der Waals surface area contributed by atoms with E-state index in [0.717, 1.165) is 29.7 Å². The molecule has 0 aromatic heterocycles. The molecule has 0 saturated heterocycles. The van der Waals surface area contributed by atoms with Gasteiger partial charge in [0.2, 0.25) is 5.91 Å². The minimum Gasteiger partial charge on any atom is -0.399 e. The number of hydrogen-bond donors (Lipinski definition) is 2. The van der Waals surface area contributed by atoms with E-state index in [1.165, 1.54) is 19.3 Å². The molecule has 0 heterocycles. The molecule has 3 rings (SSSR count). The fourth-order valence-corrected chi connectivity index (χ4v) is 3.21. The molecule has 25 heavy (non-hydrogen) atoms. The van der Waals surface area contributed by atoms with E-state index in [1.54, 1.807) is 0 Å². The Morgan fingerprint density at radius 3 is 2.56 bits per heavy atom. The van der Waals surface area contributed by atoms with E-state index in [1.807, 2.05) is 48.5 Å². The second-order valence-electron chi connectivity index (χ2n) is 6.74. The van der Waals surface area contributed by atoms with Crippen LogP contribution < -0.4 is 11.1 Å². The summed E-state index contributed by atoms with van der Waals surface area (Å²) in [5.74, 6) is -0.0323. The maximum Gasteiger partial charge on any atom is 0.228 e. The van der Waals surface area contributed by atoms with Gasteiger partial charge in [0.25, 0.3) is 0 Å². The Kier molecular flexibility index (Phi) is 6.07. The molecule has 1 fully saturated rings. The van der Waals surface area contributed by atoms with Crippen molar-refractivity contribution in [2.45, 2.75) is 51.2 Å². The first-order valence-electron chi connectivity index (χ1n) is 9.04. The summed E-state index contributed by atoms with van der Waals surface area (Å²) in [6, 6.07) is 15.3. The van der Waals surface area contributed by atoms with Crippen LogP contribution in [0.4, 0.5) is 11.4 Å². The van der Waals surface area contributed by atoms with Gasteiger partial charge in [-0.3, -0.25) is 4.79 Å². The third-order valence-corrected chi connectivity index (χ3v) is 4.59. The smallest absolute Gasteiger partial charge is 0.228 e. The number of nitrogens with one attached hydrogen (secondary N) is 1. The van der Waals surface area contributed by atoms with Crippen LogP contribution in [0.5, 0.6) is 0 Å². The molecular weight excluding hydrogens is 312 g/mol. The van der Waals surface area contributed by atoms with E-state index in [9.17, 15) is 4.79 Å². The molecule has 132 valence electrons. The summed E-state index contributed by atoms with van der Waals surface area (Å²) in [6.07, 6.45) is 6.92. The van der Waals surface area contributed by atoms with Gasteiger partial charge in [-0.15, -0.1) is 0 Å². The largest absolute Gasteiger partial charge is 0.399 e. The highest BCUT2D eigenvalue weighted by molar-refractivity contribution is 5.92. The monoisotopic (exact) mass is 338 g/mol. The Morgan fingerprint density at radius 1 is 1.04 bits per heavy atom. The van der Waals surface area contributed by atoms with Crippen LogP contribution in [0, 0.1) is 0 Å². The van der Waals surface area contributed by atoms with Gasteiger partial charge in [-0.05, 0) is 48.2 Å². The number of rotatable bonds is 6. The molecule has 1 amide bonds. The number of carbonyl (C=O) groups excluding carboxylic acids is 1. The maximum absolute atomic E-state index is 12.2. The molecule has 2 aromatic carbocycles. The molecule has 4 heteroatoms. The second kappa shape index (κ2) is 8.67. The van der Waals surface area contributed by atoms with Gasteiger partial charge in [-0.1, -0.05) is 43.5 Å². The Morgan fingerprint density at radius 2 is 1.80 bits per heavy atom. The van der Waals surface area contributed by atoms with Crippen molar-refractivity contribution in [2.24, 2.45) is 0 Å². The van der Waals surface area contributed by atoms with E-state index in [4.69, 9.17) is 10.5 Å². The van der Waals surface area contributed by atoms with Crippen LogP contribution in [0.15, 0.2) is 48.5 Å². The van der Waals surface area contributed by atoms with E-state index in [-0.39, 0.29) is 5.91 Å². The van der Waals surface area contributed by atoms with Crippen molar-refractivity contribution in [1.29, 1.82) is 0 Å². The predicted molar refractivity (Wildman–Crippen MR) is 101 cm³/mol. The van der Waals surface area contributed by atoms with Crippen molar-refractivity contribution >= 4 is 17.3 Å². The standard InChI is InChI=1S/C21H26N2O2/c22-18-11-9-16(10-12-18)14-21(24)23-19-6-4-5-17(13-19)15-25-20-7-2-1-3-8-20/h4-6,9-13,20H,1-3,7-8,14-15,22H2,(H,23,24). The van der Waals surface area contributed by atoms with Gasteiger partial charge < -0.3 is 15.8 Å². The highest BCUT2D eigenvalue weighted by Gasteiger charge is 2.13. The first-order valence-corrected chi connectivity index (χ1v) is 9.04. The Balaban J connectivity index is 1.51. The van der Waals surface area contributed by atoms with Gasteiger partial charge in [-0.25, -0.2) is 0 Å². The zero-order valence-electron chi connectivity index (χ0n) is 14.5. The second-order valence-corrected chi connectivity index (χ2v) is 6.74. The highest BCUT2D eigenvalue weighted by atomic mass is 16.5. The topological polar surface area (TPSA) is 64.4 Å². The van der Waals surface area contributed by atoms with Gasteiger partial charge >= 0.3 is 0 Å². The molecule has 3 N–H and O–H groups in total. The lowest BCUT2D eigenvalue weighted by atomic mass is 9.98. The number of nitrogens with two attached hydrogens (primary N) is 1. The fraction of sp³-hybridized carbons (Fsp3) is 0.381. The van der Waals surface area contributed by atoms with E-state index in [2.05, 4.69) is 5.32 Å². The van der Waals surface area contributed by atoms with Crippen LogP contribution >= 0.6 is 0 Å². The molecule has 4 nitrogen and oxygen atoms in total. The molecule has 1 aliphatic carbocycles. The summed E-state index contributed by atoms with van der Waals surface area (Å²) in [4.78, 5) is 12.2. The summed E-state index contributed by atoms with van der Waals surface area (Å²) >= 11 is 0. The van der Waals surface area contributed by atoms with Gasteiger partial charge in [0, 0.05) is 11.4 Å². The fourth-order valence-electron chi connectivity index (χ4n) is 3.21. The molecule has 0 bridgehead atoms. The van der Waals surface area contributed by atoms with Gasteiger partial charge in [-0.2, -0.15) is 0 Å². The number of ether oxygens (including phenoxy) is 1. The molecule has 0 radical (unpaired) electrons. The third-order valence-electron chi connectivity index (χ3n) is 4.59. The lowest BCUT2D eigenvalue weighted by molar-refractivity contribution is -0.115. The number of benzene rings is 2. The van der Waals surface area contributed by atoms with E-state index >= 15 is 0 Å². The lowest BCUT2D eigenvalue weighted by Crippen LogP contribution is -2.16. The lowest BCUT2D eigenvalue weighted by Gasteiger charge is -2.22. The first kappa shape index (κ1) is 17.5. The molecule has 1 saturated carbocycles. The number of carbonyl (C=O) groups is 1. The van der Waals surface area contributed by atoms with E-state index < -0.39 is 0 Å². The zero-order chi connectivity index (χ0) is 17.5. The van der Waals surface area contributed by atoms with Crippen molar-refractivity contribution in [3.8, 4) is 0 Å². The first-order chi connectivity index (χ1) is 12.2. The van der Waals surface area contributed by atoms with Gasteiger partial charge in [0.05, 0.1) is 19.1 Å². The van der Waals surface area contributed by atoms with Crippen LogP contribution in [-0.2, 0) is 22.6 Å². The van der Waals surface area contributed by atoms with Crippen LogP contribution in [0.25, 0.3) is 0 Å². The number of amides is 1. The normalized spacial score (nSPS) is 15.0. The summed E-state index contributed by atoms with van der Waals surface area (Å²) in [7, 11) is 0. The number of anilines is 2. The Bertz CT molecular complexity index is 691. The average Bonchev–Trinajstić information content (AvgIpc) is 2.63. The Labute approximate surface area is 149 Å². The molecule has 1 aliphatic rings. The minimum absolute atomic E-state index is 0.0323. The molecule has 0 spiro atoms. The van der Waals surface area contributed by atoms with Crippen LogP contribution in [0.1, 0.15) is 43.2 Å². The van der Waals surface area contributed by atoms with Gasteiger partial charge in [0.15, 0.2) is 0 Å². The van der Waals surface area contributed by atoms with Crippen LogP contribution in [0.2, 0.25) is 0 Å². The minimum atomic E-state index is -0.0323. The van der Waals surface area contributed by atoms with Crippen molar-refractivity contribution in [1.82, 2.24) is 0 Å². The van der Waals surface area contributed by atoms with Crippen molar-refractivity contribution in [2.75, 3.05) is 11.1 Å². The van der Waals surface area contributed by atoms with Crippen molar-refractivity contribution in [3.05, 3.63) is 59.7 Å². The zero-order valence-corrected chi connectivity index (χ0v) is 14.5. The predicted octanol–water partition coefficient (Wildman–Crippen LogP) is 4.30. The summed E-state index contributed by atoms with van der Waals surface area (Å²) in [5.41, 5.74) is 9.22. The quantitative estimate of drug-likeness (QED) is 0.772. The summed E-state index contributed by atoms with van der Waals surface area (Å²) in [5, 5.41) is 2.96. The maximum atomic E-state index is 12.2. The van der Waals surface area contributed by atoms with E-state index in [0.29, 0.717) is 24.8 Å². The summed E-state index contributed by atoms with van der Waals surface area (Å²) in [6.45, 7) is 0.604. The molecular formula is C21H26N2O2. The molecule has 0 aliphatic heterocycles. The summed E-state index contributed by atoms with van der Waals surface area (Å²) < 4.78 is 6.01. The average molecular weight is 338 g/mol. The number of hydrogen-bond acceptors (Lipinski definition) is 3. The van der Waals surface area contributed by atoms with Crippen molar-refractivity contribution in [3.63, 3.8) is 0 Å².